The summed E-state index contributed by atoms with van der Waals surface area (Å²) in [5, 5.41) is 20.3. The second-order valence-electron chi connectivity index (χ2n) is 4.12. The van der Waals surface area contributed by atoms with E-state index in [-0.39, 0.29) is 22.8 Å². The second-order valence-corrected chi connectivity index (χ2v) is 4.56. The third-order valence-electron chi connectivity index (χ3n) is 2.77. The zero-order chi connectivity index (χ0) is 14.7. The van der Waals surface area contributed by atoms with Crippen LogP contribution in [0.2, 0.25) is 5.02 Å². The molecule has 2 N–H and O–H groups in total. The molecule has 0 aliphatic rings. The highest BCUT2D eigenvalue weighted by atomic mass is 35.5. The van der Waals surface area contributed by atoms with E-state index in [1.807, 2.05) is 6.92 Å². The molecule has 1 aromatic carbocycles. The van der Waals surface area contributed by atoms with E-state index in [2.05, 4.69) is 15.5 Å². The molecule has 0 aliphatic heterocycles. The summed E-state index contributed by atoms with van der Waals surface area (Å²) >= 11 is 5.77. The quantitative estimate of drug-likeness (QED) is 0.666. The smallest absolute Gasteiger partial charge is 0.282 e. The molecular weight excluding hydrogens is 284 g/mol. The number of rotatable bonds is 4. The minimum atomic E-state index is -0.617. The first kappa shape index (κ1) is 14.0. The Balaban J connectivity index is 2.19. The van der Waals surface area contributed by atoms with Gasteiger partial charge in [-0.05, 0) is 19.1 Å². The molecule has 0 atom stereocenters. The van der Waals surface area contributed by atoms with Crippen molar-refractivity contribution in [2.75, 3.05) is 0 Å². The van der Waals surface area contributed by atoms with Gasteiger partial charge in [0.1, 0.15) is 5.56 Å². The lowest BCUT2D eigenvalue weighted by Gasteiger charge is -2.05. The number of nitrogens with one attached hydrogen (secondary N) is 2. The SMILES string of the molecule is Cc1[nH]ncc1CNC(=O)c1cc(Cl)ccc1[N+](=O)[O-]. The lowest BCUT2D eigenvalue weighted by atomic mass is 10.1. The lowest BCUT2D eigenvalue weighted by Crippen LogP contribution is -2.23. The summed E-state index contributed by atoms with van der Waals surface area (Å²) in [4.78, 5) is 22.3. The predicted molar refractivity (Wildman–Crippen MR) is 72.6 cm³/mol. The Hall–Kier alpha value is -2.41. The van der Waals surface area contributed by atoms with Crippen molar-refractivity contribution in [1.29, 1.82) is 0 Å². The Morgan fingerprint density at radius 3 is 2.90 bits per heavy atom. The van der Waals surface area contributed by atoms with Crippen molar-refractivity contribution in [1.82, 2.24) is 15.5 Å². The third-order valence-corrected chi connectivity index (χ3v) is 3.01. The molecule has 1 heterocycles. The molecule has 1 aromatic heterocycles. The van der Waals surface area contributed by atoms with Crippen LogP contribution >= 0.6 is 11.6 Å². The molecule has 0 aliphatic carbocycles. The van der Waals surface area contributed by atoms with E-state index in [0.717, 1.165) is 11.3 Å². The Morgan fingerprint density at radius 2 is 2.30 bits per heavy atom. The van der Waals surface area contributed by atoms with Gasteiger partial charge in [0.25, 0.3) is 11.6 Å². The van der Waals surface area contributed by atoms with Gasteiger partial charge < -0.3 is 5.32 Å². The first-order valence-electron chi connectivity index (χ1n) is 5.70. The fourth-order valence-corrected chi connectivity index (χ4v) is 1.85. The number of H-pyrrole nitrogens is 1. The van der Waals surface area contributed by atoms with Gasteiger partial charge in [0.2, 0.25) is 0 Å². The molecule has 8 heteroatoms. The van der Waals surface area contributed by atoms with E-state index in [0.29, 0.717) is 0 Å². The summed E-state index contributed by atoms with van der Waals surface area (Å²) in [5.74, 6) is -0.556. The number of nitro groups is 1. The van der Waals surface area contributed by atoms with Gasteiger partial charge in [-0.2, -0.15) is 5.10 Å². The standard InChI is InChI=1S/C12H11ClN4O3/c1-7-8(6-15-16-7)5-14-12(18)10-4-9(13)2-3-11(10)17(19)20/h2-4,6H,5H2,1H3,(H,14,18)(H,15,16). The number of aromatic amines is 1. The molecule has 0 spiro atoms. The largest absolute Gasteiger partial charge is 0.348 e. The summed E-state index contributed by atoms with van der Waals surface area (Å²) in [5.41, 5.74) is 1.29. The topological polar surface area (TPSA) is 101 Å². The van der Waals surface area contributed by atoms with Gasteiger partial charge in [0, 0.05) is 28.9 Å². The van der Waals surface area contributed by atoms with Crippen LogP contribution < -0.4 is 5.32 Å². The highest BCUT2D eigenvalue weighted by molar-refractivity contribution is 6.31. The van der Waals surface area contributed by atoms with Crippen LogP contribution in [0.3, 0.4) is 0 Å². The fraction of sp³-hybridized carbons (Fsp3) is 0.167. The number of nitro benzene ring substituents is 1. The van der Waals surface area contributed by atoms with Crippen molar-refractivity contribution in [2.24, 2.45) is 0 Å². The minimum absolute atomic E-state index is 0.0661. The molecule has 20 heavy (non-hydrogen) atoms. The van der Waals surface area contributed by atoms with E-state index in [1.54, 1.807) is 6.20 Å². The van der Waals surface area contributed by atoms with Crippen LogP contribution in [0.15, 0.2) is 24.4 Å². The molecule has 0 bridgehead atoms. The number of amides is 1. The van der Waals surface area contributed by atoms with Crippen molar-refractivity contribution in [3.63, 3.8) is 0 Å². The van der Waals surface area contributed by atoms with Crippen LogP contribution in [0, 0.1) is 17.0 Å². The first-order chi connectivity index (χ1) is 9.49. The number of carbonyl (C=O) groups is 1. The zero-order valence-corrected chi connectivity index (χ0v) is 11.3. The second kappa shape index (κ2) is 5.70. The number of aromatic nitrogens is 2. The monoisotopic (exact) mass is 294 g/mol. The number of aryl methyl sites for hydroxylation is 1. The highest BCUT2D eigenvalue weighted by Crippen LogP contribution is 2.22. The zero-order valence-electron chi connectivity index (χ0n) is 10.5. The van der Waals surface area contributed by atoms with E-state index < -0.39 is 10.8 Å². The van der Waals surface area contributed by atoms with Crippen LogP contribution in [0.1, 0.15) is 21.6 Å². The van der Waals surface area contributed by atoms with Crippen molar-refractivity contribution in [2.45, 2.75) is 13.5 Å². The van der Waals surface area contributed by atoms with Gasteiger partial charge in [-0.3, -0.25) is 20.0 Å². The number of benzene rings is 1. The molecule has 0 fully saturated rings. The summed E-state index contributed by atoms with van der Waals surface area (Å²) in [6, 6.07) is 3.86. The predicted octanol–water partition coefficient (Wildman–Crippen LogP) is 2.21. The molecule has 0 saturated carbocycles. The molecule has 0 unspecified atom stereocenters. The molecule has 2 rings (SSSR count). The number of hydrogen-bond donors (Lipinski definition) is 2. The van der Waals surface area contributed by atoms with Crippen LogP contribution in [0.4, 0.5) is 5.69 Å². The highest BCUT2D eigenvalue weighted by Gasteiger charge is 2.20. The molecule has 104 valence electrons. The van der Waals surface area contributed by atoms with E-state index >= 15 is 0 Å². The minimum Gasteiger partial charge on any atom is -0.348 e. The Morgan fingerprint density at radius 1 is 1.55 bits per heavy atom. The third kappa shape index (κ3) is 2.94. The van der Waals surface area contributed by atoms with Gasteiger partial charge in [0.05, 0.1) is 11.1 Å². The fourth-order valence-electron chi connectivity index (χ4n) is 1.67. The maximum atomic E-state index is 12.0. The Kier molecular flexibility index (Phi) is 3.99. The Labute approximate surface area is 119 Å². The van der Waals surface area contributed by atoms with Crippen LogP contribution in [-0.2, 0) is 6.54 Å². The average Bonchev–Trinajstić information content (AvgIpc) is 2.81. The van der Waals surface area contributed by atoms with Gasteiger partial charge in [0.15, 0.2) is 0 Å². The number of carbonyl (C=O) groups excluding carboxylic acids is 1. The molecule has 0 radical (unpaired) electrons. The summed E-state index contributed by atoms with van der Waals surface area (Å²) < 4.78 is 0. The number of halogens is 1. The van der Waals surface area contributed by atoms with E-state index in [1.165, 1.54) is 18.2 Å². The van der Waals surface area contributed by atoms with Crippen LogP contribution in [-0.4, -0.2) is 21.0 Å². The van der Waals surface area contributed by atoms with Crippen LogP contribution in [0.5, 0.6) is 0 Å². The summed E-state index contributed by atoms with van der Waals surface area (Å²) in [6.45, 7) is 2.04. The average molecular weight is 295 g/mol. The summed E-state index contributed by atoms with van der Waals surface area (Å²) in [7, 11) is 0. The molecule has 2 aromatic rings. The number of hydrogen-bond acceptors (Lipinski definition) is 4. The maximum Gasteiger partial charge on any atom is 0.282 e. The van der Waals surface area contributed by atoms with Gasteiger partial charge in [-0.15, -0.1) is 0 Å². The van der Waals surface area contributed by atoms with E-state index in [4.69, 9.17) is 11.6 Å². The maximum absolute atomic E-state index is 12.0. The normalized spacial score (nSPS) is 10.3. The first-order valence-corrected chi connectivity index (χ1v) is 6.08. The lowest BCUT2D eigenvalue weighted by molar-refractivity contribution is -0.385. The van der Waals surface area contributed by atoms with Crippen LogP contribution in [0.25, 0.3) is 0 Å². The van der Waals surface area contributed by atoms with Crippen molar-refractivity contribution < 1.29 is 9.72 Å². The van der Waals surface area contributed by atoms with Crippen molar-refractivity contribution in [3.8, 4) is 0 Å². The molecule has 7 nitrogen and oxygen atoms in total. The van der Waals surface area contributed by atoms with Crippen molar-refractivity contribution >= 4 is 23.2 Å². The summed E-state index contributed by atoms with van der Waals surface area (Å²) in [6.07, 6.45) is 1.59. The van der Waals surface area contributed by atoms with Gasteiger partial charge >= 0.3 is 0 Å². The van der Waals surface area contributed by atoms with Crippen molar-refractivity contribution in [3.05, 3.63) is 56.4 Å². The molecule has 0 saturated heterocycles. The molecule has 1 amide bonds. The van der Waals surface area contributed by atoms with Gasteiger partial charge in [-0.25, -0.2) is 0 Å². The Bertz CT molecular complexity index is 668. The molecular formula is C12H11ClN4O3. The van der Waals surface area contributed by atoms with E-state index in [9.17, 15) is 14.9 Å². The number of nitrogens with zero attached hydrogens (tertiary/aromatic N) is 2. The van der Waals surface area contributed by atoms with Gasteiger partial charge in [-0.1, -0.05) is 11.6 Å².